The number of carboxylic acids is 1. The Morgan fingerprint density at radius 2 is 2.13 bits per heavy atom. The monoisotopic (exact) mass is 219 g/mol. The van der Waals surface area contributed by atoms with E-state index in [0.29, 0.717) is 0 Å². The second kappa shape index (κ2) is 3.88. The van der Waals surface area contributed by atoms with Crippen molar-refractivity contribution in [3.63, 3.8) is 0 Å². The lowest BCUT2D eigenvalue weighted by Gasteiger charge is -2.14. The molecule has 1 aromatic heterocycles. The number of carboxylic acid groups (broad SMARTS) is 1. The first kappa shape index (κ1) is 11.5. The van der Waals surface area contributed by atoms with Gasteiger partial charge in [0.15, 0.2) is 0 Å². The average molecular weight is 219 g/mol. The van der Waals surface area contributed by atoms with Crippen molar-refractivity contribution in [3.8, 4) is 0 Å². The molecule has 0 bridgehead atoms. The number of aromatic nitrogens is 1. The lowest BCUT2D eigenvalue weighted by Crippen LogP contribution is -2.15. The van der Waals surface area contributed by atoms with Crippen LogP contribution in [-0.2, 0) is 11.0 Å². The van der Waals surface area contributed by atoms with Crippen molar-refractivity contribution in [3.05, 3.63) is 29.6 Å². The first-order valence-corrected chi connectivity index (χ1v) is 4.08. The second-order valence-corrected chi connectivity index (χ2v) is 3.02. The number of aliphatic carboxylic acids is 1. The Kier molecular flexibility index (Phi) is 2.97. The van der Waals surface area contributed by atoms with Gasteiger partial charge in [0.25, 0.3) is 0 Å². The number of pyridine rings is 1. The van der Waals surface area contributed by atoms with Gasteiger partial charge in [0, 0.05) is 12.4 Å². The third kappa shape index (κ3) is 2.45. The van der Waals surface area contributed by atoms with Crippen molar-refractivity contribution in [1.29, 1.82) is 0 Å². The van der Waals surface area contributed by atoms with Gasteiger partial charge in [-0.15, -0.1) is 0 Å². The zero-order valence-corrected chi connectivity index (χ0v) is 7.75. The van der Waals surface area contributed by atoms with E-state index in [2.05, 4.69) is 4.98 Å². The lowest BCUT2D eigenvalue weighted by atomic mass is 9.98. The molecule has 0 fully saturated rings. The van der Waals surface area contributed by atoms with E-state index in [9.17, 15) is 18.0 Å². The molecule has 0 saturated carbocycles. The highest BCUT2D eigenvalue weighted by molar-refractivity contribution is 5.76. The van der Waals surface area contributed by atoms with Gasteiger partial charge in [-0.2, -0.15) is 13.2 Å². The van der Waals surface area contributed by atoms with Gasteiger partial charge in [-0.25, -0.2) is 0 Å². The minimum Gasteiger partial charge on any atom is -0.481 e. The van der Waals surface area contributed by atoms with Crippen LogP contribution in [0.5, 0.6) is 0 Å². The summed E-state index contributed by atoms with van der Waals surface area (Å²) in [7, 11) is 0. The maximum atomic E-state index is 12.5. The van der Waals surface area contributed by atoms with Gasteiger partial charge in [0.2, 0.25) is 0 Å². The van der Waals surface area contributed by atoms with Crippen molar-refractivity contribution >= 4 is 5.97 Å². The molecule has 0 unspecified atom stereocenters. The molecule has 0 aromatic carbocycles. The van der Waals surface area contributed by atoms with E-state index in [1.807, 2.05) is 0 Å². The Morgan fingerprint density at radius 1 is 1.53 bits per heavy atom. The topological polar surface area (TPSA) is 50.2 Å². The molecule has 1 N–H and O–H groups in total. The van der Waals surface area contributed by atoms with E-state index in [1.54, 1.807) is 0 Å². The minimum atomic E-state index is -4.55. The quantitative estimate of drug-likeness (QED) is 0.830. The molecule has 1 heterocycles. The summed E-state index contributed by atoms with van der Waals surface area (Å²) in [5, 5.41) is 8.63. The molecule has 0 amide bonds. The summed E-state index contributed by atoms with van der Waals surface area (Å²) in [6, 6.07) is 0.773. The smallest absolute Gasteiger partial charge is 0.416 e. The molecule has 0 saturated heterocycles. The van der Waals surface area contributed by atoms with E-state index < -0.39 is 23.6 Å². The summed E-state index contributed by atoms with van der Waals surface area (Å²) < 4.78 is 37.4. The molecule has 82 valence electrons. The lowest BCUT2D eigenvalue weighted by molar-refractivity contribution is -0.141. The second-order valence-electron chi connectivity index (χ2n) is 3.02. The Morgan fingerprint density at radius 3 is 2.60 bits per heavy atom. The van der Waals surface area contributed by atoms with E-state index in [1.165, 1.54) is 6.92 Å². The van der Waals surface area contributed by atoms with Crippen LogP contribution in [-0.4, -0.2) is 16.1 Å². The van der Waals surface area contributed by atoms with Gasteiger partial charge in [0.05, 0.1) is 11.5 Å². The molecule has 0 aliphatic heterocycles. The molecule has 0 spiro atoms. The number of rotatable bonds is 2. The predicted molar refractivity (Wildman–Crippen MR) is 45.3 cm³/mol. The van der Waals surface area contributed by atoms with E-state index in [4.69, 9.17) is 5.11 Å². The molecule has 1 atom stereocenters. The molecule has 1 rings (SSSR count). The first-order chi connectivity index (χ1) is 6.84. The molecule has 0 aliphatic rings. The van der Waals surface area contributed by atoms with E-state index >= 15 is 0 Å². The molecule has 15 heavy (non-hydrogen) atoms. The molecular formula is C9H8F3NO2. The normalized spacial score (nSPS) is 13.6. The zero-order chi connectivity index (χ0) is 11.6. The SMILES string of the molecule is C[C@@H](C(=O)O)c1cnccc1C(F)(F)F. The Bertz CT molecular complexity index is 376. The van der Waals surface area contributed by atoms with Crippen LogP contribution in [0.3, 0.4) is 0 Å². The van der Waals surface area contributed by atoms with Gasteiger partial charge >= 0.3 is 12.1 Å². The number of halogens is 3. The van der Waals surface area contributed by atoms with Crippen molar-refractivity contribution in [2.45, 2.75) is 19.0 Å². The molecule has 0 aliphatic carbocycles. The van der Waals surface area contributed by atoms with Crippen LogP contribution in [0.25, 0.3) is 0 Å². The van der Waals surface area contributed by atoms with Gasteiger partial charge in [-0.1, -0.05) is 0 Å². The Hall–Kier alpha value is -1.59. The van der Waals surface area contributed by atoms with Crippen LogP contribution in [0, 0.1) is 0 Å². The number of carbonyl (C=O) groups is 1. The third-order valence-electron chi connectivity index (χ3n) is 1.99. The van der Waals surface area contributed by atoms with E-state index in [-0.39, 0.29) is 5.56 Å². The van der Waals surface area contributed by atoms with Crippen LogP contribution >= 0.6 is 0 Å². The van der Waals surface area contributed by atoms with Crippen LogP contribution in [0.2, 0.25) is 0 Å². The number of hydrogen-bond acceptors (Lipinski definition) is 2. The fourth-order valence-electron chi connectivity index (χ4n) is 1.14. The maximum absolute atomic E-state index is 12.5. The Labute approximate surface area is 83.6 Å². The van der Waals surface area contributed by atoms with Crippen molar-refractivity contribution < 1.29 is 23.1 Å². The van der Waals surface area contributed by atoms with Crippen molar-refractivity contribution in [2.24, 2.45) is 0 Å². The summed E-state index contributed by atoms with van der Waals surface area (Å²) in [5.41, 5.74) is -1.27. The Balaban J connectivity index is 3.24. The third-order valence-corrected chi connectivity index (χ3v) is 1.99. The maximum Gasteiger partial charge on any atom is 0.416 e. The summed E-state index contributed by atoms with van der Waals surface area (Å²) in [5.74, 6) is -2.54. The van der Waals surface area contributed by atoms with Gasteiger partial charge in [-0.3, -0.25) is 9.78 Å². The molecule has 1 aromatic rings. The molecule has 6 heteroatoms. The fourth-order valence-corrected chi connectivity index (χ4v) is 1.14. The number of alkyl halides is 3. The molecular weight excluding hydrogens is 211 g/mol. The van der Waals surface area contributed by atoms with Crippen LogP contribution < -0.4 is 0 Å². The zero-order valence-electron chi connectivity index (χ0n) is 7.75. The van der Waals surface area contributed by atoms with Crippen LogP contribution in [0.15, 0.2) is 18.5 Å². The van der Waals surface area contributed by atoms with Gasteiger partial charge < -0.3 is 5.11 Å². The number of hydrogen-bond donors (Lipinski definition) is 1. The fraction of sp³-hybridized carbons (Fsp3) is 0.333. The van der Waals surface area contributed by atoms with Crippen molar-refractivity contribution in [2.75, 3.05) is 0 Å². The summed E-state index contributed by atoms with van der Waals surface area (Å²) in [4.78, 5) is 14.1. The number of nitrogens with zero attached hydrogens (tertiary/aromatic N) is 1. The minimum absolute atomic E-state index is 0.322. The molecule has 0 radical (unpaired) electrons. The highest BCUT2D eigenvalue weighted by Gasteiger charge is 2.35. The first-order valence-electron chi connectivity index (χ1n) is 4.08. The van der Waals surface area contributed by atoms with Gasteiger partial charge in [0.1, 0.15) is 0 Å². The highest BCUT2D eigenvalue weighted by atomic mass is 19.4. The van der Waals surface area contributed by atoms with Crippen LogP contribution in [0.1, 0.15) is 24.0 Å². The summed E-state index contributed by atoms with van der Waals surface area (Å²) in [6.07, 6.45) is -2.63. The predicted octanol–water partition coefficient (Wildman–Crippen LogP) is 2.29. The highest BCUT2D eigenvalue weighted by Crippen LogP contribution is 2.34. The van der Waals surface area contributed by atoms with Crippen LogP contribution in [0.4, 0.5) is 13.2 Å². The van der Waals surface area contributed by atoms with E-state index in [0.717, 1.165) is 18.5 Å². The summed E-state index contributed by atoms with van der Waals surface area (Å²) >= 11 is 0. The average Bonchev–Trinajstić information content (AvgIpc) is 2.15. The largest absolute Gasteiger partial charge is 0.481 e. The molecule has 3 nitrogen and oxygen atoms in total. The van der Waals surface area contributed by atoms with Crippen molar-refractivity contribution in [1.82, 2.24) is 4.98 Å². The summed E-state index contributed by atoms with van der Waals surface area (Å²) in [6.45, 7) is 1.19. The van der Waals surface area contributed by atoms with Gasteiger partial charge in [-0.05, 0) is 18.6 Å². The standard InChI is InChI=1S/C9H8F3NO2/c1-5(8(14)15)6-4-13-3-2-7(6)9(10,11)12/h2-5H,1H3,(H,14,15)/t5-/m1/s1.